The maximum atomic E-state index is 5.55. The number of ether oxygens (including phenoxy) is 2. The molecule has 0 aliphatic carbocycles. The zero-order chi connectivity index (χ0) is 13.0. The van der Waals surface area contributed by atoms with Gasteiger partial charge in [0.15, 0.2) is 11.5 Å². The van der Waals surface area contributed by atoms with Crippen LogP contribution in [0.2, 0.25) is 0 Å². The van der Waals surface area contributed by atoms with E-state index in [1.165, 1.54) is 0 Å². The number of methoxy groups -OCH3 is 2. The second-order valence-electron chi connectivity index (χ2n) is 4.08. The molecule has 0 saturated carbocycles. The monoisotopic (exact) mass is 282 g/mol. The van der Waals surface area contributed by atoms with Crippen molar-refractivity contribution in [3.63, 3.8) is 0 Å². The molecule has 2 N–H and O–H groups in total. The molecule has 1 aromatic carbocycles. The predicted molar refractivity (Wildman–Crippen MR) is 79.5 cm³/mol. The maximum Gasteiger partial charge on any atom is 0.161 e. The smallest absolute Gasteiger partial charge is 0.161 e. The molecule has 0 radical (unpaired) electrons. The molecular weight excluding hydrogens is 264 g/mol. The summed E-state index contributed by atoms with van der Waals surface area (Å²) in [7, 11) is 3.28. The van der Waals surface area contributed by atoms with Crippen LogP contribution >= 0.6 is 12.4 Å². The van der Waals surface area contributed by atoms with E-state index < -0.39 is 0 Å². The average Bonchev–Trinajstić information content (AvgIpc) is 2.43. The number of aromatic nitrogens is 1. The van der Waals surface area contributed by atoms with Crippen molar-refractivity contribution in [2.45, 2.75) is 12.8 Å². The molecule has 5 heteroatoms. The lowest BCUT2D eigenvalue weighted by molar-refractivity contribution is 0.356. The molecule has 0 spiro atoms. The van der Waals surface area contributed by atoms with Crippen molar-refractivity contribution in [3.05, 3.63) is 30.1 Å². The van der Waals surface area contributed by atoms with Crippen LogP contribution in [0.15, 0.2) is 24.4 Å². The van der Waals surface area contributed by atoms with Crippen molar-refractivity contribution in [2.75, 3.05) is 20.8 Å². The van der Waals surface area contributed by atoms with Crippen molar-refractivity contribution in [1.29, 1.82) is 0 Å². The fourth-order valence-electron chi connectivity index (χ4n) is 2.03. The highest BCUT2D eigenvalue weighted by Crippen LogP contribution is 2.33. The topological polar surface area (TPSA) is 57.4 Å². The van der Waals surface area contributed by atoms with E-state index in [1.807, 2.05) is 24.4 Å². The van der Waals surface area contributed by atoms with Crippen molar-refractivity contribution in [3.8, 4) is 11.5 Å². The Labute approximate surface area is 119 Å². The van der Waals surface area contributed by atoms with E-state index in [2.05, 4.69) is 4.98 Å². The first kappa shape index (κ1) is 15.5. The largest absolute Gasteiger partial charge is 0.493 e. The van der Waals surface area contributed by atoms with Gasteiger partial charge in [-0.15, -0.1) is 12.4 Å². The van der Waals surface area contributed by atoms with Crippen LogP contribution in [0.1, 0.15) is 12.1 Å². The van der Waals surface area contributed by atoms with Gasteiger partial charge in [0, 0.05) is 17.3 Å². The quantitative estimate of drug-likeness (QED) is 0.916. The third kappa shape index (κ3) is 3.28. The summed E-state index contributed by atoms with van der Waals surface area (Å²) >= 11 is 0. The fraction of sp³-hybridized carbons (Fsp3) is 0.357. The molecule has 4 nitrogen and oxygen atoms in total. The molecule has 2 rings (SSSR count). The first-order valence-corrected chi connectivity index (χ1v) is 6.00. The van der Waals surface area contributed by atoms with Gasteiger partial charge in [-0.2, -0.15) is 0 Å². The number of halogens is 1. The lowest BCUT2D eigenvalue weighted by atomic mass is 10.1. The molecule has 0 amide bonds. The van der Waals surface area contributed by atoms with Crippen LogP contribution in [0.5, 0.6) is 11.5 Å². The van der Waals surface area contributed by atoms with Gasteiger partial charge in [-0.3, -0.25) is 4.98 Å². The van der Waals surface area contributed by atoms with E-state index in [0.29, 0.717) is 6.54 Å². The molecule has 0 unspecified atom stereocenters. The number of hydrogen-bond acceptors (Lipinski definition) is 4. The third-order valence-corrected chi connectivity index (χ3v) is 2.97. The van der Waals surface area contributed by atoms with Crippen molar-refractivity contribution < 1.29 is 9.47 Å². The van der Waals surface area contributed by atoms with Gasteiger partial charge in [0.05, 0.1) is 14.2 Å². The van der Waals surface area contributed by atoms with E-state index >= 15 is 0 Å². The summed E-state index contributed by atoms with van der Waals surface area (Å²) in [6, 6.07) is 5.93. The lowest BCUT2D eigenvalue weighted by Crippen LogP contribution is -2.02. The summed E-state index contributed by atoms with van der Waals surface area (Å²) in [6.45, 7) is 0.672. The number of nitrogens with two attached hydrogens (primary N) is 1. The van der Waals surface area contributed by atoms with E-state index in [1.54, 1.807) is 14.2 Å². The highest BCUT2D eigenvalue weighted by atomic mass is 35.5. The second kappa shape index (κ2) is 7.16. The standard InChI is InChI=1S/C14H18N2O2.ClH/c1-17-13-8-10-5-7-16-12(4-3-6-15)11(10)9-14(13)18-2;/h5,7-9H,3-4,6,15H2,1-2H3;1H. The number of hydrogen-bond donors (Lipinski definition) is 1. The molecule has 19 heavy (non-hydrogen) atoms. The summed E-state index contributed by atoms with van der Waals surface area (Å²) in [5, 5.41) is 2.21. The Hall–Kier alpha value is -1.52. The average molecular weight is 283 g/mol. The van der Waals surface area contributed by atoms with Gasteiger partial charge in [-0.25, -0.2) is 0 Å². The normalized spacial score (nSPS) is 10.1. The summed E-state index contributed by atoms with van der Waals surface area (Å²) in [4.78, 5) is 4.42. The molecule has 0 aliphatic rings. The Kier molecular flexibility index (Phi) is 5.86. The van der Waals surface area contributed by atoms with Gasteiger partial charge in [0.1, 0.15) is 0 Å². The van der Waals surface area contributed by atoms with Crippen LogP contribution in [-0.4, -0.2) is 25.7 Å². The Morgan fingerprint density at radius 1 is 1.16 bits per heavy atom. The van der Waals surface area contributed by atoms with Crippen LogP contribution < -0.4 is 15.2 Å². The van der Waals surface area contributed by atoms with E-state index in [0.717, 1.165) is 40.8 Å². The Morgan fingerprint density at radius 3 is 2.47 bits per heavy atom. The molecule has 104 valence electrons. The molecule has 1 aromatic heterocycles. The molecule has 1 heterocycles. The van der Waals surface area contributed by atoms with Gasteiger partial charge in [-0.05, 0) is 43.0 Å². The second-order valence-corrected chi connectivity index (χ2v) is 4.08. The lowest BCUT2D eigenvalue weighted by Gasteiger charge is -2.11. The van der Waals surface area contributed by atoms with Gasteiger partial charge in [0.25, 0.3) is 0 Å². The molecule has 0 fully saturated rings. The summed E-state index contributed by atoms with van der Waals surface area (Å²) in [5.41, 5.74) is 6.60. The number of benzene rings is 1. The first-order valence-electron chi connectivity index (χ1n) is 6.00. The number of nitrogens with zero attached hydrogens (tertiary/aromatic N) is 1. The molecule has 0 atom stereocenters. The predicted octanol–water partition coefficient (Wildman–Crippen LogP) is 2.57. The van der Waals surface area contributed by atoms with E-state index in [-0.39, 0.29) is 12.4 Å². The van der Waals surface area contributed by atoms with Crippen molar-refractivity contribution in [1.82, 2.24) is 4.98 Å². The third-order valence-electron chi connectivity index (χ3n) is 2.97. The first-order chi connectivity index (χ1) is 8.80. The molecule has 0 aliphatic heterocycles. The Bertz CT molecular complexity index is 546. The van der Waals surface area contributed by atoms with Crippen molar-refractivity contribution >= 4 is 23.2 Å². The van der Waals surface area contributed by atoms with Crippen LogP contribution in [0.3, 0.4) is 0 Å². The van der Waals surface area contributed by atoms with E-state index in [9.17, 15) is 0 Å². The minimum Gasteiger partial charge on any atom is -0.493 e. The van der Waals surface area contributed by atoms with Gasteiger partial charge in [0.2, 0.25) is 0 Å². The maximum absolute atomic E-state index is 5.55. The number of pyridine rings is 1. The zero-order valence-corrected chi connectivity index (χ0v) is 12.0. The van der Waals surface area contributed by atoms with Crippen LogP contribution in [0, 0.1) is 0 Å². The summed E-state index contributed by atoms with van der Waals surface area (Å²) in [5.74, 6) is 1.47. The summed E-state index contributed by atoms with van der Waals surface area (Å²) in [6.07, 6.45) is 3.63. The number of fused-ring (bicyclic) bond motifs is 1. The molecule has 0 bridgehead atoms. The SMILES string of the molecule is COc1cc2ccnc(CCCN)c2cc1OC.Cl. The van der Waals surface area contributed by atoms with Crippen LogP contribution in [-0.2, 0) is 6.42 Å². The van der Waals surface area contributed by atoms with Crippen molar-refractivity contribution in [2.24, 2.45) is 5.73 Å². The zero-order valence-electron chi connectivity index (χ0n) is 11.2. The Balaban J connectivity index is 0.00000180. The molecule has 0 saturated heterocycles. The minimum atomic E-state index is 0. The van der Waals surface area contributed by atoms with Crippen LogP contribution in [0.4, 0.5) is 0 Å². The summed E-state index contributed by atoms with van der Waals surface area (Å²) < 4.78 is 10.6. The number of aryl methyl sites for hydroxylation is 1. The highest BCUT2D eigenvalue weighted by molar-refractivity contribution is 5.87. The minimum absolute atomic E-state index is 0. The highest BCUT2D eigenvalue weighted by Gasteiger charge is 2.09. The number of rotatable bonds is 5. The molecular formula is C14H19ClN2O2. The Morgan fingerprint density at radius 2 is 1.84 bits per heavy atom. The molecule has 2 aromatic rings. The van der Waals surface area contributed by atoms with Gasteiger partial charge >= 0.3 is 0 Å². The van der Waals surface area contributed by atoms with Gasteiger partial charge < -0.3 is 15.2 Å². The van der Waals surface area contributed by atoms with Gasteiger partial charge in [-0.1, -0.05) is 0 Å². The van der Waals surface area contributed by atoms with Crippen LogP contribution in [0.25, 0.3) is 10.8 Å². The fourth-order valence-corrected chi connectivity index (χ4v) is 2.03. The van der Waals surface area contributed by atoms with E-state index in [4.69, 9.17) is 15.2 Å².